The molecule has 0 amide bonds. The van der Waals surface area contributed by atoms with Gasteiger partial charge in [0, 0.05) is 23.5 Å². The maximum atomic E-state index is 4.42. The average molecular weight is 267 g/mol. The summed E-state index contributed by atoms with van der Waals surface area (Å²) >= 11 is 3.49. The molecule has 1 aliphatic rings. The van der Waals surface area contributed by atoms with E-state index in [-0.39, 0.29) is 0 Å². The standard InChI is InChI=1S/C12H15BrN2/c1-9(15-12-6-3-7-14-12)10-4-2-5-11(13)8-10/h2,4-5,8-9H,3,6-7H2,1H3,(H,14,15)/t9-/m0/s1. The molecule has 80 valence electrons. The molecule has 0 aliphatic carbocycles. The number of nitrogens with zero attached hydrogens (tertiary/aromatic N) is 1. The number of hydrogen-bond acceptors (Lipinski definition) is 2. The molecule has 0 saturated heterocycles. The molecule has 1 aromatic carbocycles. The summed E-state index contributed by atoms with van der Waals surface area (Å²) in [6, 6.07) is 8.72. The third-order valence-corrected chi connectivity index (χ3v) is 3.10. The van der Waals surface area contributed by atoms with Crippen LogP contribution in [0.3, 0.4) is 0 Å². The Morgan fingerprint density at radius 3 is 3.00 bits per heavy atom. The molecule has 1 aliphatic heterocycles. The van der Waals surface area contributed by atoms with Crippen LogP contribution in [0.5, 0.6) is 0 Å². The first kappa shape index (κ1) is 10.7. The Morgan fingerprint density at radius 2 is 2.33 bits per heavy atom. The molecule has 0 unspecified atom stereocenters. The third kappa shape index (κ3) is 2.81. The zero-order chi connectivity index (χ0) is 10.7. The number of amidine groups is 1. The Hall–Kier alpha value is -0.830. The third-order valence-electron chi connectivity index (χ3n) is 2.61. The summed E-state index contributed by atoms with van der Waals surface area (Å²) in [6.45, 7) is 3.15. The minimum Gasteiger partial charge on any atom is -0.367 e. The summed E-state index contributed by atoms with van der Waals surface area (Å²) < 4.78 is 1.13. The number of aliphatic imine (C=N–C) groups is 1. The van der Waals surface area contributed by atoms with Gasteiger partial charge in [-0.15, -0.1) is 0 Å². The summed E-state index contributed by atoms with van der Waals surface area (Å²) in [5, 5.41) is 3.45. The van der Waals surface area contributed by atoms with Gasteiger partial charge in [0.15, 0.2) is 0 Å². The minimum absolute atomic E-state index is 0.333. The first-order chi connectivity index (χ1) is 7.25. The van der Waals surface area contributed by atoms with Gasteiger partial charge in [0.2, 0.25) is 0 Å². The van der Waals surface area contributed by atoms with Crippen molar-refractivity contribution < 1.29 is 0 Å². The first-order valence-corrected chi connectivity index (χ1v) is 6.10. The van der Waals surface area contributed by atoms with E-state index in [9.17, 15) is 0 Å². The zero-order valence-electron chi connectivity index (χ0n) is 8.83. The maximum Gasteiger partial charge on any atom is 0.0968 e. The molecule has 1 atom stereocenters. The Kier molecular flexibility index (Phi) is 3.41. The van der Waals surface area contributed by atoms with Gasteiger partial charge >= 0.3 is 0 Å². The quantitative estimate of drug-likeness (QED) is 0.873. The SMILES string of the molecule is C[C@H](NC1=NCCC1)c1cccc(Br)c1. The van der Waals surface area contributed by atoms with Crippen LogP contribution < -0.4 is 5.32 Å². The van der Waals surface area contributed by atoms with E-state index in [0.717, 1.165) is 23.3 Å². The predicted octanol–water partition coefficient (Wildman–Crippen LogP) is 3.29. The van der Waals surface area contributed by atoms with Crippen LogP contribution in [0.4, 0.5) is 0 Å². The maximum absolute atomic E-state index is 4.42. The van der Waals surface area contributed by atoms with Crippen molar-refractivity contribution in [3.8, 4) is 0 Å². The second-order valence-electron chi connectivity index (χ2n) is 3.85. The van der Waals surface area contributed by atoms with E-state index in [4.69, 9.17) is 0 Å². The van der Waals surface area contributed by atoms with E-state index < -0.39 is 0 Å². The Labute approximate surface area is 98.9 Å². The van der Waals surface area contributed by atoms with Crippen LogP contribution in [-0.2, 0) is 0 Å². The molecule has 0 radical (unpaired) electrons. The number of halogens is 1. The number of benzene rings is 1. The largest absolute Gasteiger partial charge is 0.367 e. The van der Waals surface area contributed by atoms with E-state index in [0.29, 0.717) is 6.04 Å². The molecule has 0 fully saturated rings. The molecule has 1 aromatic rings. The molecule has 15 heavy (non-hydrogen) atoms. The van der Waals surface area contributed by atoms with E-state index >= 15 is 0 Å². The van der Waals surface area contributed by atoms with Crippen LogP contribution in [0.2, 0.25) is 0 Å². The van der Waals surface area contributed by atoms with Gasteiger partial charge in [-0.1, -0.05) is 28.1 Å². The summed E-state index contributed by atoms with van der Waals surface area (Å²) in [7, 11) is 0. The molecular weight excluding hydrogens is 252 g/mol. The van der Waals surface area contributed by atoms with Gasteiger partial charge in [0.25, 0.3) is 0 Å². The second-order valence-corrected chi connectivity index (χ2v) is 4.77. The van der Waals surface area contributed by atoms with Crippen LogP contribution in [-0.4, -0.2) is 12.4 Å². The van der Waals surface area contributed by atoms with Gasteiger partial charge in [-0.25, -0.2) is 0 Å². The number of rotatable bonds is 2. The summed E-state index contributed by atoms with van der Waals surface area (Å²) in [4.78, 5) is 4.42. The van der Waals surface area contributed by atoms with E-state index in [1.54, 1.807) is 0 Å². The van der Waals surface area contributed by atoms with Gasteiger partial charge in [0.1, 0.15) is 0 Å². The fourth-order valence-electron chi connectivity index (χ4n) is 1.77. The lowest BCUT2D eigenvalue weighted by atomic mass is 10.1. The van der Waals surface area contributed by atoms with Crippen molar-refractivity contribution in [2.75, 3.05) is 6.54 Å². The smallest absolute Gasteiger partial charge is 0.0968 e. The lowest BCUT2D eigenvalue weighted by molar-refractivity contribution is 0.709. The van der Waals surface area contributed by atoms with Crippen molar-refractivity contribution in [3.05, 3.63) is 34.3 Å². The van der Waals surface area contributed by atoms with Gasteiger partial charge < -0.3 is 5.32 Å². The normalized spacial score (nSPS) is 17.3. The van der Waals surface area contributed by atoms with Crippen LogP contribution in [0.1, 0.15) is 31.4 Å². The fraction of sp³-hybridized carbons (Fsp3) is 0.417. The molecule has 0 spiro atoms. The first-order valence-electron chi connectivity index (χ1n) is 5.31. The summed E-state index contributed by atoms with van der Waals surface area (Å²) in [5.74, 6) is 1.16. The molecule has 1 N–H and O–H groups in total. The van der Waals surface area contributed by atoms with Crippen molar-refractivity contribution in [3.63, 3.8) is 0 Å². The number of nitrogens with one attached hydrogen (secondary N) is 1. The molecule has 1 heterocycles. The monoisotopic (exact) mass is 266 g/mol. The van der Waals surface area contributed by atoms with Crippen molar-refractivity contribution in [2.45, 2.75) is 25.8 Å². The summed E-state index contributed by atoms with van der Waals surface area (Å²) in [6.07, 6.45) is 2.28. The lowest BCUT2D eigenvalue weighted by Crippen LogP contribution is -2.24. The van der Waals surface area contributed by atoms with E-state index in [1.807, 2.05) is 6.07 Å². The van der Waals surface area contributed by atoms with Crippen LogP contribution >= 0.6 is 15.9 Å². The van der Waals surface area contributed by atoms with Crippen molar-refractivity contribution >= 4 is 21.8 Å². The van der Waals surface area contributed by atoms with Gasteiger partial charge in [-0.3, -0.25) is 4.99 Å². The predicted molar refractivity (Wildman–Crippen MR) is 67.2 cm³/mol. The Bertz CT molecular complexity index is 374. The average Bonchev–Trinajstić information content (AvgIpc) is 2.70. The van der Waals surface area contributed by atoms with Crippen LogP contribution in [0.25, 0.3) is 0 Å². The van der Waals surface area contributed by atoms with Gasteiger partial charge in [-0.05, 0) is 31.0 Å². The van der Waals surface area contributed by atoms with Crippen molar-refractivity contribution in [1.29, 1.82) is 0 Å². The topological polar surface area (TPSA) is 24.4 Å². The molecular formula is C12H15BrN2. The number of hydrogen-bond donors (Lipinski definition) is 1. The molecule has 0 bridgehead atoms. The summed E-state index contributed by atoms with van der Waals surface area (Å²) in [5.41, 5.74) is 1.29. The molecule has 2 nitrogen and oxygen atoms in total. The fourth-order valence-corrected chi connectivity index (χ4v) is 2.18. The highest BCUT2D eigenvalue weighted by Crippen LogP contribution is 2.18. The van der Waals surface area contributed by atoms with Gasteiger partial charge in [0.05, 0.1) is 5.84 Å². The molecule has 0 aromatic heterocycles. The van der Waals surface area contributed by atoms with Crippen molar-refractivity contribution in [2.24, 2.45) is 4.99 Å². The van der Waals surface area contributed by atoms with Gasteiger partial charge in [-0.2, -0.15) is 0 Å². The van der Waals surface area contributed by atoms with Crippen LogP contribution in [0.15, 0.2) is 33.7 Å². The molecule has 2 rings (SSSR count). The van der Waals surface area contributed by atoms with E-state index in [2.05, 4.69) is 51.4 Å². The highest BCUT2D eigenvalue weighted by atomic mass is 79.9. The van der Waals surface area contributed by atoms with Crippen LogP contribution in [0, 0.1) is 0 Å². The minimum atomic E-state index is 0.333. The lowest BCUT2D eigenvalue weighted by Gasteiger charge is -2.15. The zero-order valence-corrected chi connectivity index (χ0v) is 10.4. The molecule has 3 heteroatoms. The van der Waals surface area contributed by atoms with E-state index in [1.165, 1.54) is 12.0 Å². The molecule has 0 saturated carbocycles. The highest BCUT2D eigenvalue weighted by molar-refractivity contribution is 9.10. The van der Waals surface area contributed by atoms with Crippen molar-refractivity contribution in [1.82, 2.24) is 5.32 Å². The Morgan fingerprint density at radius 1 is 1.47 bits per heavy atom. The Balaban J connectivity index is 2.04. The highest BCUT2D eigenvalue weighted by Gasteiger charge is 2.10. The second kappa shape index (κ2) is 4.79.